The van der Waals surface area contributed by atoms with Crippen molar-refractivity contribution in [1.82, 2.24) is 4.98 Å². The van der Waals surface area contributed by atoms with Crippen LogP contribution in [0.2, 0.25) is 10.0 Å². The molecule has 2 aromatic rings. The second kappa shape index (κ2) is 6.34. The van der Waals surface area contributed by atoms with E-state index in [0.717, 1.165) is 0 Å². The highest BCUT2D eigenvalue weighted by Gasteiger charge is 2.10. The zero-order valence-electron chi connectivity index (χ0n) is 9.69. The van der Waals surface area contributed by atoms with Gasteiger partial charge in [0.2, 0.25) is 5.91 Å². The number of hydrogen-bond donors (Lipinski definition) is 2. The Bertz CT molecular complexity index is 601. The fourth-order valence-corrected chi connectivity index (χ4v) is 2.66. The van der Waals surface area contributed by atoms with Crippen molar-refractivity contribution >= 4 is 46.1 Å². The Morgan fingerprint density at radius 2 is 2.21 bits per heavy atom. The lowest BCUT2D eigenvalue weighted by atomic mass is 10.3. The smallest absolute Gasteiger partial charge is 0.231 e. The third kappa shape index (κ3) is 3.91. The topological polar surface area (TPSA) is 62.2 Å². The normalized spacial score (nSPS) is 10.5. The van der Waals surface area contributed by atoms with Crippen LogP contribution in [0.3, 0.4) is 0 Å². The van der Waals surface area contributed by atoms with Gasteiger partial charge < -0.3 is 10.4 Å². The summed E-state index contributed by atoms with van der Waals surface area (Å²) in [7, 11) is 0. The zero-order chi connectivity index (χ0) is 13.8. The van der Waals surface area contributed by atoms with E-state index in [0.29, 0.717) is 26.4 Å². The molecule has 1 heterocycles. The summed E-state index contributed by atoms with van der Waals surface area (Å²) in [6, 6.07) is 4.85. The highest BCUT2D eigenvalue weighted by atomic mass is 35.5. The van der Waals surface area contributed by atoms with Crippen LogP contribution in [0.25, 0.3) is 0 Å². The molecule has 0 atom stereocenters. The highest BCUT2D eigenvalue weighted by molar-refractivity contribution is 7.09. The summed E-state index contributed by atoms with van der Waals surface area (Å²) in [6.07, 6.45) is 0.142. The van der Waals surface area contributed by atoms with Gasteiger partial charge in [-0.05, 0) is 18.2 Å². The number of aromatic nitrogens is 1. The Hall–Kier alpha value is -1.14. The third-order valence-electron chi connectivity index (χ3n) is 2.28. The predicted molar refractivity (Wildman–Crippen MR) is 76.8 cm³/mol. The van der Waals surface area contributed by atoms with Crippen LogP contribution in [-0.4, -0.2) is 16.0 Å². The number of halogens is 2. The molecular formula is C12H10Cl2N2O2S. The molecule has 0 saturated heterocycles. The Morgan fingerprint density at radius 3 is 2.84 bits per heavy atom. The number of aliphatic hydroxyl groups excluding tert-OH is 1. The van der Waals surface area contributed by atoms with Crippen molar-refractivity contribution in [3.8, 4) is 0 Å². The first kappa shape index (κ1) is 14.3. The van der Waals surface area contributed by atoms with Crippen molar-refractivity contribution in [3.05, 3.63) is 44.3 Å². The first-order valence-corrected chi connectivity index (χ1v) is 7.01. The molecule has 0 radical (unpaired) electrons. The fourth-order valence-electron chi connectivity index (χ4n) is 1.43. The third-order valence-corrected chi connectivity index (χ3v) is 3.72. The van der Waals surface area contributed by atoms with E-state index in [-0.39, 0.29) is 18.9 Å². The van der Waals surface area contributed by atoms with Gasteiger partial charge in [0.1, 0.15) is 5.01 Å². The van der Waals surface area contributed by atoms with E-state index in [1.165, 1.54) is 11.3 Å². The number of aliphatic hydroxyl groups is 1. The maximum absolute atomic E-state index is 11.8. The maximum Gasteiger partial charge on any atom is 0.231 e. The van der Waals surface area contributed by atoms with Crippen molar-refractivity contribution in [2.45, 2.75) is 13.0 Å². The molecule has 4 nitrogen and oxygen atoms in total. The van der Waals surface area contributed by atoms with Gasteiger partial charge in [0.25, 0.3) is 0 Å². The molecule has 0 aliphatic rings. The Balaban J connectivity index is 2.01. The number of carbonyl (C=O) groups is 1. The number of hydrogen-bond acceptors (Lipinski definition) is 4. The van der Waals surface area contributed by atoms with Crippen molar-refractivity contribution in [2.75, 3.05) is 5.32 Å². The molecular weight excluding hydrogens is 307 g/mol. The molecule has 1 aromatic carbocycles. The minimum Gasteiger partial charge on any atom is -0.390 e. The van der Waals surface area contributed by atoms with Gasteiger partial charge in [0.15, 0.2) is 0 Å². The molecule has 0 aliphatic heterocycles. The van der Waals surface area contributed by atoms with E-state index in [2.05, 4.69) is 10.3 Å². The van der Waals surface area contributed by atoms with Gasteiger partial charge in [-0.15, -0.1) is 11.3 Å². The van der Waals surface area contributed by atoms with E-state index < -0.39 is 0 Å². The predicted octanol–water partition coefficient (Wildman–Crippen LogP) is 3.12. The summed E-state index contributed by atoms with van der Waals surface area (Å²) >= 11 is 13.1. The second-order valence-electron chi connectivity index (χ2n) is 3.74. The van der Waals surface area contributed by atoms with Gasteiger partial charge >= 0.3 is 0 Å². The number of amides is 1. The van der Waals surface area contributed by atoms with Crippen LogP contribution in [0, 0.1) is 0 Å². The first-order valence-electron chi connectivity index (χ1n) is 5.37. The SMILES string of the molecule is O=C(Cc1nc(CO)cs1)Nc1ccc(Cl)cc1Cl. The van der Waals surface area contributed by atoms with Crippen LogP contribution in [0.15, 0.2) is 23.6 Å². The molecule has 0 unspecified atom stereocenters. The number of anilines is 1. The molecule has 0 spiro atoms. The van der Waals surface area contributed by atoms with Crippen molar-refractivity contribution in [3.63, 3.8) is 0 Å². The maximum atomic E-state index is 11.8. The number of nitrogens with zero attached hydrogens (tertiary/aromatic N) is 1. The largest absolute Gasteiger partial charge is 0.390 e. The molecule has 100 valence electrons. The van der Waals surface area contributed by atoms with Gasteiger partial charge in [-0.25, -0.2) is 4.98 Å². The molecule has 7 heteroatoms. The van der Waals surface area contributed by atoms with E-state index in [4.69, 9.17) is 28.3 Å². The number of carbonyl (C=O) groups excluding carboxylic acids is 1. The van der Waals surface area contributed by atoms with Gasteiger partial charge in [-0.1, -0.05) is 23.2 Å². The van der Waals surface area contributed by atoms with E-state index in [1.54, 1.807) is 23.6 Å². The summed E-state index contributed by atoms with van der Waals surface area (Å²) < 4.78 is 0. The summed E-state index contributed by atoms with van der Waals surface area (Å²) in [5.74, 6) is -0.219. The summed E-state index contributed by atoms with van der Waals surface area (Å²) in [5.41, 5.74) is 1.08. The fraction of sp³-hybridized carbons (Fsp3) is 0.167. The monoisotopic (exact) mass is 316 g/mol. The van der Waals surface area contributed by atoms with Crippen LogP contribution in [0.5, 0.6) is 0 Å². The molecule has 1 amide bonds. The highest BCUT2D eigenvalue weighted by Crippen LogP contribution is 2.25. The Labute approximate surface area is 124 Å². The molecule has 19 heavy (non-hydrogen) atoms. The van der Waals surface area contributed by atoms with Crippen molar-refractivity contribution in [2.24, 2.45) is 0 Å². The van der Waals surface area contributed by atoms with E-state index >= 15 is 0 Å². The number of rotatable bonds is 4. The van der Waals surface area contributed by atoms with Gasteiger partial charge in [0.05, 0.1) is 29.4 Å². The first-order chi connectivity index (χ1) is 9.08. The van der Waals surface area contributed by atoms with Crippen LogP contribution < -0.4 is 5.32 Å². The minimum absolute atomic E-state index is 0.124. The molecule has 0 fully saturated rings. The second-order valence-corrected chi connectivity index (χ2v) is 5.53. The van der Waals surface area contributed by atoms with Crippen LogP contribution in [0.4, 0.5) is 5.69 Å². The van der Waals surface area contributed by atoms with Crippen LogP contribution in [0.1, 0.15) is 10.7 Å². The lowest BCUT2D eigenvalue weighted by Crippen LogP contribution is -2.14. The molecule has 0 bridgehead atoms. The molecule has 2 N–H and O–H groups in total. The van der Waals surface area contributed by atoms with Crippen molar-refractivity contribution < 1.29 is 9.90 Å². The zero-order valence-corrected chi connectivity index (χ0v) is 12.0. The van der Waals surface area contributed by atoms with Crippen LogP contribution >= 0.6 is 34.5 Å². The Kier molecular flexibility index (Phi) is 4.76. The summed E-state index contributed by atoms with van der Waals surface area (Å²) in [5, 5.41) is 14.8. The lowest BCUT2D eigenvalue weighted by molar-refractivity contribution is -0.115. The van der Waals surface area contributed by atoms with E-state index in [1.807, 2.05) is 0 Å². The average Bonchev–Trinajstić information content (AvgIpc) is 2.80. The van der Waals surface area contributed by atoms with Gasteiger partial charge in [-0.3, -0.25) is 4.79 Å². The molecule has 1 aromatic heterocycles. The number of nitrogens with one attached hydrogen (secondary N) is 1. The average molecular weight is 317 g/mol. The molecule has 2 rings (SSSR count). The standard InChI is InChI=1S/C12H10Cl2N2O2S/c13-7-1-2-10(9(14)3-7)16-11(18)4-12-15-8(5-17)6-19-12/h1-3,6,17H,4-5H2,(H,16,18). The quantitative estimate of drug-likeness (QED) is 0.911. The number of thiazole rings is 1. The summed E-state index contributed by atoms with van der Waals surface area (Å²) in [4.78, 5) is 15.9. The van der Waals surface area contributed by atoms with E-state index in [9.17, 15) is 4.79 Å². The molecule has 0 aliphatic carbocycles. The minimum atomic E-state index is -0.219. The van der Waals surface area contributed by atoms with Crippen LogP contribution in [-0.2, 0) is 17.8 Å². The molecule has 0 saturated carbocycles. The van der Waals surface area contributed by atoms with Crippen molar-refractivity contribution in [1.29, 1.82) is 0 Å². The number of benzene rings is 1. The van der Waals surface area contributed by atoms with Gasteiger partial charge in [-0.2, -0.15) is 0 Å². The lowest BCUT2D eigenvalue weighted by Gasteiger charge is -2.06. The summed E-state index contributed by atoms with van der Waals surface area (Å²) in [6.45, 7) is -0.124. The Morgan fingerprint density at radius 1 is 1.42 bits per heavy atom. The van der Waals surface area contributed by atoms with Gasteiger partial charge in [0, 0.05) is 10.4 Å².